The number of aromatic amines is 1. The molecule has 0 bridgehead atoms. The van der Waals surface area contributed by atoms with Crippen LogP contribution in [0.5, 0.6) is 0 Å². The molecule has 2 rings (SSSR count). The third-order valence-electron chi connectivity index (χ3n) is 3.31. The van der Waals surface area contributed by atoms with Gasteiger partial charge in [-0.2, -0.15) is 0 Å². The maximum atomic E-state index is 12.1. The van der Waals surface area contributed by atoms with Gasteiger partial charge in [-0.15, -0.1) is 5.10 Å². The van der Waals surface area contributed by atoms with E-state index in [1.807, 2.05) is 4.90 Å². The average molecular weight is 266 g/mol. The molecular formula is C12H22N6O. The number of hydrogen-bond acceptors (Lipinski definition) is 5. The van der Waals surface area contributed by atoms with E-state index < -0.39 is 0 Å². The van der Waals surface area contributed by atoms with E-state index in [4.69, 9.17) is 0 Å². The number of rotatable bonds is 4. The van der Waals surface area contributed by atoms with Crippen molar-refractivity contribution in [2.45, 2.75) is 6.92 Å². The summed E-state index contributed by atoms with van der Waals surface area (Å²) in [5, 5.41) is 6.63. The molecule has 1 aromatic heterocycles. The normalized spacial score (nSPS) is 17.2. The lowest BCUT2D eigenvalue weighted by atomic mass is 10.3. The van der Waals surface area contributed by atoms with E-state index in [0.29, 0.717) is 5.82 Å². The second-order valence-corrected chi connectivity index (χ2v) is 5.18. The Morgan fingerprint density at radius 1 is 1.32 bits per heavy atom. The third kappa shape index (κ3) is 3.74. The fourth-order valence-corrected chi connectivity index (χ4v) is 2.10. The van der Waals surface area contributed by atoms with Crippen LogP contribution in [0.4, 0.5) is 0 Å². The number of carbonyl (C=O) groups is 1. The molecule has 1 aromatic rings. The Bertz CT molecular complexity index is 422. The molecule has 19 heavy (non-hydrogen) atoms. The molecule has 2 heterocycles. The number of hydrogen-bond donors (Lipinski definition) is 1. The Labute approximate surface area is 113 Å². The molecular weight excluding hydrogens is 244 g/mol. The summed E-state index contributed by atoms with van der Waals surface area (Å²) in [5.74, 6) is 0.879. The minimum absolute atomic E-state index is 0.0726. The van der Waals surface area contributed by atoms with E-state index >= 15 is 0 Å². The highest BCUT2D eigenvalue weighted by Crippen LogP contribution is 2.05. The van der Waals surface area contributed by atoms with Gasteiger partial charge >= 0.3 is 0 Å². The Balaban J connectivity index is 1.81. The monoisotopic (exact) mass is 266 g/mol. The first kappa shape index (κ1) is 14.0. The molecule has 1 N–H and O–H groups in total. The van der Waals surface area contributed by atoms with Crippen LogP contribution in [0.3, 0.4) is 0 Å². The molecule has 0 aromatic carbocycles. The predicted molar refractivity (Wildman–Crippen MR) is 72.0 cm³/mol. The first-order valence-corrected chi connectivity index (χ1v) is 6.61. The van der Waals surface area contributed by atoms with Gasteiger partial charge in [0.1, 0.15) is 5.82 Å². The van der Waals surface area contributed by atoms with Gasteiger partial charge in [-0.3, -0.25) is 14.8 Å². The minimum Gasteiger partial charge on any atom is -0.333 e. The van der Waals surface area contributed by atoms with Crippen molar-refractivity contribution >= 4 is 5.91 Å². The van der Waals surface area contributed by atoms with E-state index in [1.165, 1.54) is 0 Å². The minimum atomic E-state index is -0.0726. The Morgan fingerprint density at radius 3 is 2.53 bits per heavy atom. The van der Waals surface area contributed by atoms with Crippen LogP contribution in [0.2, 0.25) is 0 Å². The van der Waals surface area contributed by atoms with Crippen LogP contribution in [-0.2, 0) is 0 Å². The SMILES string of the molecule is Cc1nc(C(=O)N2CCN(CCN(C)C)CC2)n[nH]1. The molecule has 1 fully saturated rings. The van der Waals surface area contributed by atoms with Crippen molar-refractivity contribution in [2.75, 3.05) is 53.4 Å². The molecule has 7 heteroatoms. The molecule has 0 unspecified atom stereocenters. The number of amides is 1. The maximum Gasteiger partial charge on any atom is 0.293 e. The first-order valence-electron chi connectivity index (χ1n) is 6.61. The second kappa shape index (κ2) is 6.12. The molecule has 1 amide bonds. The number of piperazine rings is 1. The Hall–Kier alpha value is -1.47. The molecule has 1 saturated heterocycles. The number of nitrogens with one attached hydrogen (secondary N) is 1. The Kier molecular flexibility index (Phi) is 4.49. The van der Waals surface area contributed by atoms with Crippen molar-refractivity contribution in [2.24, 2.45) is 0 Å². The predicted octanol–water partition coefficient (Wildman–Crippen LogP) is -0.567. The first-order chi connectivity index (χ1) is 9.06. The summed E-state index contributed by atoms with van der Waals surface area (Å²) in [7, 11) is 4.15. The number of likely N-dealkylation sites (N-methyl/N-ethyl adjacent to an activating group) is 1. The van der Waals surface area contributed by atoms with E-state index in [2.05, 4.69) is 39.1 Å². The van der Waals surface area contributed by atoms with Gasteiger partial charge in [0.15, 0.2) is 0 Å². The lowest BCUT2D eigenvalue weighted by molar-refractivity contribution is 0.0618. The fraction of sp³-hybridized carbons (Fsp3) is 0.750. The Morgan fingerprint density at radius 2 is 2.00 bits per heavy atom. The molecule has 1 aliphatic rings. The van der Waals surface area contributed by atoms with Crippen LogP contribution in [-0.4, -0.2) is 89.2 Å². The van der Waals surface area contributed by atoms with Gasteiger partial charge in [0.05, 0.1) is 0 Å². The van der Waals surface area contributed by atoms with E-state index in [1.54, 1.807) is 6.92 Å². The molecule has 0 atom stereocenters. The molecule has 7 nitrogen and oxygen atoms in total. The van der Waals surface area contributed by atoms with E-state index in [-0.39, 0.29) is 11.7 Å². The second-order valence-electron chi connectivity index (χ2n) is 5.18. The molecule has 1 aliphatic heterocycles. The van der Waals surface area contributed by atoms with Gasteiger partial charge in [0.2, 0.25) is 5.82 Å². The highest BCUT2D eigenvalue weighted by atomic mass is 16.2. The number of carbonyl (C=O) groups excluding carboxylic acids is 1. The number of nitrogens with zero attached hydrogens (tertiary/aromatic N) is 5. The molecule has 0 radical (unpaired) electrons. The quantitative estimate of drug-likeness (QED) is 0.790. The van der Waals surface area contributed by atoms with Crippen LogP contribution in [0.15, 0.2) is 0 Å². The standard InChI is InChI=1S/C12H22N6O/c1-10-13-11(15-14-10)12(19)18-8-6-17(7-9-18)5-4-16(2)3/h4-9H2,1-3H3,(H,13,14,15). The van der Waals surface area contributed by atoms with Gasteiger partial charge in [-0.1, -0.05) is 0 Å². The number of aromatic nitrogens is 3. The largest absolute Gasteiger partial charge is 0.333 e. The highest BCUT2D eigenvalue weighted by molar-refractivity contribution is 5.90. The van der Waals surface area contributed by atoms with E-state index in [0.717, 1.165) is 39.3 Å². The van der Waals surface area contributed by atoms with Crippen LogP contribution in [0.1, 0.15) is 16.4 Å². The maximum absolute atomic E-state index is 12.1. The van der Waals surface area contributed by atoms with Crippen molar-refractivity contribution in [1.82, 2.24) is 29.9 Å². The van der Waals surface area contributed by atoms with Gasteiger partial charge in [0, 0.05) is 39.3 Å². The van der Waals surface area contributed by atoms with Crippen molar-refractivity contribution in [3.8, 4) is 0 Å². The molecule has 106 valence electrons. The zero-order valence-corrected chi connectivity index (χ0v) is 11.9. The molecule has 0 aliphatic carbocycles. The van der Waals surface area contributed by atoms with Crippen molar-refractivity contribution in [1.29, 1.82) is 0 Å². The summed E-state index contributed by atoms with van der Waals surface area (Å²) < 4.78 is 0. The van der Waals surface area contributed by atoms with Crippen LogP contribution >= 0.6 is 0 Å². The van der Waals surface area contributed by atoms with Crippen LogP contribution in [0, 0.1) is 6.92 Å². The van der Waals surface area contributed by atoms with Gasteiger partial charge in [-0.05, 0) is 21.0 Å². The van der Waals surface area contributed by atoms with Gasteiger partial charge in [-0.25, -0.2) is 4.98 Å². The zero-order chi connectivity index (χ0) is 13.8. The topological polar surface area (TPSA) is 68.4 Å². The van der Waals surface area contributed by atoms with Crippen LogP contribution < -0.4 is 0 Å². The summed E-state index contributed by atoms with van der Waals surface area (Å²) in [6.45, 7) is 7.23. The third-order valence-corrected chi connectivity index (χ3v) is 3.31. The molecule has 0 spiro atoms. The summed E-state index contributed by atoms with van der Waals surface area (Å²) in [5.41, 5.74) is 0. The summed E-state index contributed by atoms with van der Waals surface area (Å²) in [6.07, 6.45) is 0. The number of H-pyrrole nitrogens is 1. The van der Waals surface area contributed by atoms with Gasteiger partial charge < -0.3 is 9.80 Å². The van der Waals surface area contributed by atoms with E-state index in [9.17, 15) is 4.79 Å². The van der Waals surface area contributed by atoms with Crippen LogP contribution in [0.25, 0.3) is 0 Å². The number of aryl methyl sites for hydroxylation is 1. The lowest BCUT2D eigenvalue weighted by Gasteiger charge is -2.34. The van der Waals surface area contributed by atoms with Crippen molar-refractivity contribution in [3.63, 3.8) is 0 Å². The zero-order valence-electron chi connectivity index (χ0n) is 11.9. The fourth-order valence-electron chi connectivity index (χ4n) is 2.10. The summed E-state index contributed by atoms with van der Waals surface area (Å²) in [6, 6.07) is 0. The van der Waals surface area contributed by atoms with Crippen molar-refractivity contribution < 1.29 is 4.79 Å². The summed E-state index contributed by atoms with van der Waals surface area (Å²) in [4.78, 5) is 22.6. The van der Waals surface area contributed by atoms with Gasteiger partial charge in [0.25, 0.3) is 5.91 Å². The average Bonchev–Trinajstić information content (AvgIpc) is 2.83. The molecule has 0 saturated carbocycles. The summed E-state index contributed by atoms with van der Waals surface area (Å²) >= 11 is 0. The van der Waals surface area contributed by atoms with Crippen molar-refractivity contribution in [3.05, 3.63) is 11.6 Å². The lowest BCUT2D eigenvalue weighted by Crippen LogP contribution is -2.50. The highest BCUT2D eigenvalue weighted by Gasteiger charge is 2.24. The smallest absolute Gasteiger partial charge is 0.293 e.